The summed E-state index contributed by atoms with van der Waals surface area (Å²) >= 11 is 0. The lowest BCUT2D eigenvalue weighted by atomic mass is 9.99. The lowest BCUT2D eigenvalue weighted by molar-refractivity contribution is 0.469. The van der Waals surface area contributed by atoms with Crippen molar-refractivity contribution in [2.75, 3.05) is 5.32 Å². The first-order chi connectivity index (χ1) is 10.3. The molecule has 0 aromatic heterocycles. The summed E-state index contributed by atoms with van der Waals surface area (Å²) in [6.07, 6.45) is 3.89. The Bertz CT molecular complexity index is 697. The fraction of sp³-hybridized carbons (Fsp3) is 0.263. The maximum atomic E-state index is 10.2. The zero-order valence-corrected chi connectivity index (χ0v) is 13.5. The van der Waals surface area contributed by atoms with Crippen LogP contribution in [0.2, 0.25) is 0 Å². The average molecular weight is 297 g/mol. The molecule has 22 heavy (non-hydrogen) atoms. The summed E-state index contributed by atoms with van der Waals surface area (Å²) in [5.41, 5.74) is 3.02. The van der Waals surface area contributed by atoms with Gasteiger partial charge in [0.25, 0.3) is 0 Å². The van der Waals surface area contributed by atoms with Crippen LogP contribution in [0.25, 0.3) is 17.2 Å². The molecule has 0 bridgehead atoms. The molecule has 0 saturated heterocycles. The number of hydrogen-bond acceptors (Lipinski definition) is 3. The molecule has 0 spiro atoms. The fourth-order valence-electron chi connectivity index (χ4n) is 2.33. The molecule has 3 heteroatoms. The van der Waals surface area contributed by atoms with Gasteiger partial charge in [0.2, 0.25) is 0 Å². The van der Waals surface area contributed by atoms with Crippen molar-refractivity contribution in [1.29, 1.82) is 0 Å². The predicted molar refractivity (Wildman–Crippen MR) is 93.3 cm³/mol. The smallest absolute Gasteiger partial charge is 0.123 e. The lowest BCUT2D eigenvalue weighted by Crippen LogP contribution is -2.25. The van der Waals surface area contributed by atoms with Crippen molar-refractivity contribution in [3.8, 4) is 22.6 Å². The summed E-state index contributed by atoms with van der Waals surface area (Å²) in [7, 11) is 0. The minimum absolute atomic E-state index is 0.0803. The standard InChI is InChI=1S/C19H23NO2/c1-5-6-13-7-9-17(21)15(11-13)16-12-14(8-10-18(16)22)20-19(2,3)4/h5-12,20-22H,1-4H3/b6-5+. The van der Waals surface area contributed by atoms with Crippen LogP contribution in [0.5, 0.6) is 11.5 Å². The van der Waals surface area contributed by atoms with Gasteiger partial charge in [0.05, 0.1) is 0 Å². The van der Waals surface area contributed by atoms with Crippen LogP contribution in [0.15, 0.2) is 42.5 Å². The van der Waals surface area contributed by atoms with Crippen LogP contribution in [0.4, 0.5) is 5.69 Å². The first kappa shape index (κ1) is 16.0. The highest BCUT2D eigenvalue weighted by Crippen LogP contribution is 2.38. The number of rotatable bonds is 3. The molecule has 3 nitrogen and oxygen atoms in total. The molecule has 3 N–H and O–H groups in total. The molecular formula is C19H23NO2. The molecular weight excluding hydrogens is 274 g/mol. The Morgan fingerprint density at radius 2 is 1.50 bits per heavy atom. The van der Waals surface area contributed by atoms with E-state index in [0.29, 0.717) is 11.1 Å². The summed E-state index contributed by atoms with van der Waals surface area (Å²) in [5, 5.41) is 23.7. The highest BCUT2D eigenvalue weighted by atomic mass is 16.3. The van der Waals surface area contributed by atoms with Gasteiger partial charge in [-0.1, -0.05) is 18.2 Å². The molecule has 0 fully saturated rings. The molecule has 0 radical (unpaired) electrons. The van der Waals surface area contributed by atoms with E-state index in [0.717, 1.165) is 11.3 Å². The van der Waals surface area contributed by atoms with Crippen molar-refractivity contribution in [2.24, 2.45) is 0 Å². The average Bonchev–Trinajstić information content (AvgIpc) is 2.42. The molecule has 2 rings (SSSR count). The number of phenolic OH excluding ortho intramolecular Hbond substituents is 2. The molecule has 0 heterocycles. The van der Waals surface area contributed by atoms with Crippen molar-refractivity contribution in [3.63, 3.8) is 0 Å². The van der Waals surface area contributed by atoms with E-state index in [9.17, 15) is 10.2 Å². The van der Waals surface area contributed by atoms with E-state index >= 15 is 0 Å². The Morgan fingerprint density at radius 3 is 2.09 bits per heavy atom. The van der Waals surface area contributed by atoms with Gasteiger partial charge in [-0.15, -0.1) is 0 Å². The van der Waals surface area contributed by atoms with Gasteiger partial charge in [0.15, 0.2) is 0 Å². The highest BCUT2D eigenvalue weighted by molar-refractivity contribution is 5.80. The summed E-state index contributed by atoms with van der Waals surface area (Å²) in [6.45, 7) is 8.16. The van der Waals surface area contributed by atoms with Gasteiger partial charge in [0, 0.05) is 22.4 Å². The van der Waals surface area contributed by atoms with Crippen molar-refractivity contribution >= 4 is 11.8 Å². The third-order valence-electron chi connectivity index (χ3n) is 3.19. The Morgan fingerprint density at radius 1 is 0.909 bits per heavy atom. The van der Waals surface area contributed by atoms with E-state index in [1.807, 2.05) is 43.3 Å². The minimum atomic E-state index is -0.0803. The van der Waals surface area contributed by atoms with Gasteiger partial charge in [-0.25, -0.2) is 0 Å². The van der Waals surface area contributed by atoms with Crippen LogP contribution in [0, 0.1) is 0 Å². The van der Waals surface area contributed by atoms with Gasteiger partial charge in [-0.2, -0.15) is 0 Å². The molecule has 0 unspecified atom stereocenters. The molecule has 0 saturated carbocycles. The fourth-order valence-corrected chi connectivity index (χ4v) is 2.33. The molecule has 0 amide bonds. The number of aromatic hydroxyl groups is 2. The van der Waals surface area contributed by atoms with E-state index < -0.39 is 0 Å². The molecule has 0 aliphatic heterocycles. The summed E-state index contributed by atoms with van der Waals surface area (Å²) in [4.78, 5) is 0. The Kier molecular flexibility index (Phi) is 4.45. The van der Waals surface area contributed by atoms with Crippen LogP contribution in [0.3, 0.4) is 0 Å². The zero-order chi connectivity index (χ0) is 16.3. The first-order valence-corrected chi connectivity index (χ1v) is 7.37. The third-order valence-corrected chi connectivity index (χ3v) is 3.19. The second-order valence-corrected chi connectivity index (χ2v) is 6.38. The molecule has 0 aliphatic carbocycles. The number of allylic oxidation sites excluding steroid dienone is 1. The maximum absolute atomic E-state index is 10.2. The van der Waals surface area contributed by atoms with Gasteiger partial charge in [-0.05, 0) is 63.6 Å². The number of anilines is 1. The second kappa shape index (κ2) is 6.14. The third kappa shape index (κ3) is 3.82. The van der Waals surface area contributed by atoms with Gasteiger partial charge < -0.3 is 15.5 Å². The monoisotopic (exact) mass is 297 g/mol. The van der Waals surface area contributed by atoms with E-state index in [4.69, 9.17) is 0 Å². The summed E-state index contributed by atoms with van der Waals surface area (Å²) in [6, 6.07) is 10.7. The second-order valence-electron chi connectivity index (χ2n) is 6.38. The number of nitrogens with one attached hydrogen (secondary N) is 1. The van der Waals surface area contributed by atoms with Gasteiger partial charge in [0.1, 0.15) is 11.5 Å². The minimum Gasteiger partial charge on any atom is -0.507 e. The summed E-state index contributed by atoms with van der Waals surface area (Å²) in [5.74, 6) is 0.295. The number of hydrogen-bond donors (Lipinski definition) is 3. The normalized spacial score (nSPS) is 11.8. The van der Waals surface area contributed by atoms with Crippen LogP contribution < -0.4 is 5.32 Å². The SMILES string of the molecule is C/C=C/c1ccc(O)c(-c2cc(NC(C)(C)C)ccc2O)c1. The molecule has 116 valence electrons. The van der Waals surface area contributed by atoms with Gasteiger partial charge in [-0.3, -0.25) is 0 Å². The van der Waals surface area contributed by atoms with E-state index in [2.05, 4.69) is 26.1 Å². The lowest BCUT2D eigenvalue weighted by Gasteiger charge is -2.23. The Labute approximate surface area is 131 Å². The Hall–Kier alpha value is -2.42. The number of phenols is 2. The molecule has 0 aliphatic rings. The maximum Gasteiger partial charge on any atom is 0.123 e. The van der Waals surface area contributed by atoms with Crippen molar-refractivity contribution in [2.45, 2.75) is 33.2 Å². The highest BCUT2D eigenvalue weighted by Gasteiger charge is 2.14. The van der Waals surface area contributed by atoms with Crippen LogP contribution in [-0.2, 0) is 0 Å². The quantitative estimate of drug-likeness (QED) is 0.698. The van der Waals surface area contributed by atoms with Gasteiger partial charge >= 0.3 is 0 Å². The largest absolute Gasteiger partial charge is 0.507 e. The molecule has 0 atom stereocenters. The predicted octanol–water partition coefficient (Wildman–Crippen LogP) is 5.01. The van der Waals surface area contributed by atoms with E-state index in [1.165, 1.54) is 0 Å². The van der Waals surface area contributed by atoms with Crippen molar-refractivity contribution in [1.82, 2.24) is 0 Å². The van der Waals surface area contributed by atoms with E-state index in [1.54, 1.807) is 12.1 Å². The van der Waals surface area contributed by atoms with Crippen molar-refractivity contribution in [3.05, 3.63) is 48.0 Å². The van der Waals surface area contributed by atoms with Crippen LogP contribution >= 0.6 is 0 Å². The van der Waals surface area contributed by atoms with Crippen LogP contribution in [-0.4, -0.2) is 15.8 Å². The van der Waals surface area contributed by atoms with Crippen molar-refractivity contribution < 1.29 is 10.2 Å². The van der Waals surface area contributed by atoms with E-state index in [-0.39, 0.29) is 17.0 Å². The zero-order valence-electron chi connectivity index (χ0n) is 13.5. The topological polar surface area (TPSA) is 52.5 Å². The molecule has 2 aromatic rings. The number of benzene rings is 2. The Balaban J connectivity index is 2.52. The first-order valence-electron chi connectivity index (χ1n) is 7.37. The van der Waals surface area contributed by atoms with Crippen LogP contribution in [0.1, 0.15) is 33.3 Å². The molecule has 2 aromatic carbocycles. The summed E-state index contributed by atoms with van der Waals surface area (Å²) < 4.78 is 0.